The number of fused-ring (bicyclic) bond motifs is 4. The number of ether oxygens (including phenoxy) is 2. The maximum atomic E-state index is 6.81. The Morgan fingerprint density at radius 3 is 2.04 bits per heavy atom. The molecule has 0 amide bonds. The molecule has 2 aromatic heterocycles. The fraction of sp³-hybridized carbons (Fsp3) is 0.227. The van der Waals surface area contributed by atoms with Crippen molar-refractivity contribution in [3.8, 4) is 45.5 Å². The minimum atomic E-state index is 0.747. The Kier molecular flexibility index (Phi) is 8.45. The van der Waals surface area contributed by atoms with E-state index in [1.807, 2.05) is 42.5 Å². The number of anilines is 5. The van der Waals surface area contributed by atoms with E-state index in [0.29, 0.717) is 0 Å². The molecule has 0 atom stereocenters. The lowest BCUT2D eigenvalue weighted by atomic mass is 9.90. The van der Waals surface area contributed by atoms with Crippen molar-refractivity contribution in [1.82, 2.24) is 9.97 Å². The SMILES string of the molecule is CCCCc1ccc(CCCC)c(-c2c3c(cc(-c4nc(C)ccc4C)c2N2c4ccccc4Oc4ccccc42)Oc2ccccc2N3)n1. The minimum absolute atomic E-state index is 0.747. The molecule has 1 N–H and O–H groups in total. The lowest BCUT2D eigenvalue weighted by Crippen LogP contribution is -2.19. The van der Waals surface area contributed by atoms with Crippen molar-refractivity contribution in [2.75, 3.05) is 10.2 Å². The summed E-state index contributed by atoms with van der Waals surface area (Å²) in [6.45, 7) is 8.67. The molecule has 250 valence electrons. The molecule has 4 aromatic carbocycles. The average molecular weight is 659 g/mol. The van der Waals surface area contributed by atoms with E-state index in [9.17, 15) is 0 Å². The summed E-state index contributed by atoms with van der Waals surface area (Å²) in [5.74, 6) is 3.12. The smallest absolute Gasteiger partial charge is 0.152 e. The lowest BCUT2D eigenvalue weighted by molar-refractivity contribution is 0.476. The number of nitrogens with one attached hydrogen (secondary N) is 1. The van der Waals surface area contributed by atoms with E-state index in [2.05, 4.69) is 98.6 Å². The maximum absolute atomic E-state index is 6.81. The zero-order valence-corrected chi connectivity index (χ0v) is 29.2. The molecule has 8 rings (SSSR count). The molecule has 50 heavy (non-hydrogen) atoms. The summed E-state index contributed by atoms with van der Waals surface area (Å²) in [4.78, 5) is 13.1. The van der Waals surface area contributed by atoms with Gasteiger partial charge in [-0.1, -0.05) is 75.2 Å². The van der Waals surface area contributed by atoms with Crippen LogP contribution < -0.4 is 19.7 Å². The standard InChI is InChI=1S/C44H42N4O2/c1-5-7-15-30-25-26-31(16-8-6-2)46-42(30)40-43-39(49-36-20-12-9-17-33(36)47-43)27-32(41-28(3)23-24-29(4)45-41)44(40)48-34-18-10-13-21-37(34)50-38-22-14-11-19-35(38)48/h9-14,17-27,47H,5-8,15-16H2,1-4H3. The van der Waals surface area contributed by atoms with Gasteiger partial charge in [-0.05, 0) is 105 Å². The van der Waals surface area contributed by atoms with Crippen molar-refractivity contribution >= 4 is 28.4 Å². The molecule has 0 radical (unpaired) electrons. The maximum Gasteiger partial charge on any atom is 0.152 e. The number of aromatic nitrogens is 2. The van der Waals surface area contributed by atoms with Crippen LogP contribution in [0, 0.1) is 13.8 Å². The molecule has 0 bridgehead atoms. The van der Waals surface area contributed by atoms with Gasteiger partial charge in [0, 0.05) is 17.0 Å². The predicted molar refractivity (Wildman–Crippen MR) is 204 cm³/mol. The van der Waals surface area contributed by atoms with Gasteiger partial charge in [0.1, 0.15) is 0 Å². The molecule has 2 aliphatic heterocycles. The highest BCUT2D eigenvalue weighted by molar-refractivity contribution is 6.07. The third-order valence-electron chi connectivity index (χ3n) is 9.64. The fourth-order valence-corrected chi connectivity index (χ4v) is 7.06. The van der Waals surface area contributed by atoms with E-state index in [0.717, 1.165) is 129 Å². The molecule has 6 heteroatoms. The first-order valence-electron chi connectivity index (χ1n) is 17.9. The fourth-order valence-electron chi connectivity index (χ4n) is 7.06. The van der Waals surface area contributed by atoms with Crippen LogP contribution in [-0.4, -0.2) is 9.97 Å². The molecule has 6 aromatic rings. The first-order chi connectivity index (χ1) is 24.5. The second-order valence-electron chi connectivity index (χ2n) is 13.3. The normalized spacial score (nSPS) is 12.5. The molecule has 0 spiro atoms. The Labute approximate surface area is 294 Å². The van der Waals surface area contributed by atoms with E-state index in [4.69, 9.17) is 19.4 Å². The van der Waals surface area contributed by atoms with Crippen LogP contribution in [0.2, 0.25) is 0 Å². The highest BCUT2D eigenvalue weighted by atomic mass is 16.5. The van der Waals surface area contributed by atoms with Gasteiger partial charge in [0.15, 0.2) is 23.0 Å². The van der Waals surface area contributed by atoms with E-state index in [1.54, 1.807) is 0 Å². The summed E-state index contributed by atoms with van der Waals surface area (Å²) in [7, 11) is 0. The van der Waals surface area contributed by atoms with Gasteiger partial charge in [-0.25, -0.2) is 0 Å². The number of rotatable bonds is 9. The summed E-state index contributed by atoms with van der Waals surface area (Å²) < 4.78 is 13.4. The quantitative estimate of drug-likeness (QED) is 0.167. The second-order valence-corrected chi connectivity index (χ2v) is 13.3. The Hall–Kier alpha value is -5.62. The number of pyridine rings is 2. The van der Waals surface area contributed by atoms with Crippen LogP contribution in [0.15, 0.2) is 103 Å². The Bertz CT molecular complexity index is 2180. The Morgan fingerprint density at radius 1 is 0.640 bits per heavy atom. The number of hydrogen-bond acceptors (Lipinski definition) is 6. The molecular formula is C44H42N4O2. The number of nitrogens with zero attached hydrogens (tertiary/aromatic N) is 3. The number of aryl methyl sites for hydroxylation is 4. The van der Waals surface area contributed by atoms with Gasteiger partial charge >= 0.3 is 0 Å². The second kappa shape index (κ2) is 13.4. The van der Waals surface area contributed by atoms with Crippen LogP contribution in [-0.2, 0) is 12.8 Å². The molecule has 0 fully saturated rings. The molecule has 6 nitrogen and oxygen atoms in total. The van der Waals surface area contributed by atoms with Gasteiger partial charge in [-0.3, -0.25) is 9.97 Å². The van der Waals surface area contributed by atoms with Crippen molar-refractivity contribution in [3.63, 3.8) is 0 Å². The van der Waals surface area contributed by atoms with Gasteiger partial charge in [0.2, 0.25) is 0 Å². The van der Waals surface area contributed by atoms with E-state index >= 15 is 0 Å². The van der Waals surface area contributed by atoms with Crippen molar-refractivity contribution in [1.29, 1.82) is 0 Å². The summed E-state index contributed by atoms with van der Waals surface area (Å²) in [5, 5.41) is 3.84. The monoisotopic (exact) mass is 658 g/mol. The van der Waals surface area contributed by atoms with Gasteiger partial charge < -0.3 is 19.7 Å². The first-order valence-corrected chi connectivity index (χ1v) is 17.9. The van der Waals surface area contributed by atoms with Crippen molar-refractivity contribution in [2.24, 2.45) is 0 Å². The third kappa shape index (κ3) is 5.65. The largest absolute Gasteiger partial charge is 0.453 e. The topological polar surface area (TPSA) is 59.5 Å². The van der Waals surface area contributed by atoms with Gasteiger partial charge in [-0.15, -0.1) is 0 Å². The molecule has 0 aliphatic carbocycles. The zero-order chi connectivity index (χ0) is 34.2. The van der Waals surface area contributed by atoms with Crippen LogP contribution in [0.25, 0.3) is 22.5 Å². The van der Waals surface area contributed by atoms with Crippen LogP contribution >= 0.6 is 0 Å². The molecular weight excluding hydrogens is 617 g/mol. The van der Waals surface area contributed by atoms with E-state index in [1.165, 1.54) is 5.56 Å². The van der Waals surface area contributed by atoms with Crippen LogP contribution in [0.1, 0.15) is 62.0 Å². The lowest BCUT2D eigenvalue weighted by Gasteiger charge is -2.37. The van der Waals surface area contributed by atoms with E-state index < -0.39 is 0 Å². The number of para-hydroxylation sites is 6. The number of hydrogen-bond donors (Lipinski definition) is 1. The van der Waals surface area contributed by atoms with Gasteiger partial charge in [0.25, 0.3) is 0 Å². The predicted octanol–water partition coefficient (Wildman–Crippen LogP) is 12.5. The molecule has 0 unspecified atom stereocenters. The average Bonchev–Trinajstić information content (AvgIpc) is 3.15. The molecule has 0 saturated carbocycles. The van der Waals surface area contributed by atoms with Crippen LogP contribution in [0.3, 0.4) is 0 Å². The van der Waals surface area contributed by atoms with Crippen molar-refractivity contribution in [3.05, 3.63) is 126 Å². The van der Waals surface area contributed by atoms with Gasteiger partial charge in [-0.2, -0.15) is 0 Å². The van der Waals surface area contributed by atoms with Gasteiger partial charge in [0.05, 0.1) is 45.4 Å². The summed E-state index contributed by atoms with van der Waals surface area (Å²) in [6, 6.07) is 35.6. The zero-order valence-electron chi connectivity index (χ0n) is 29.2. The number of benzene rings is 4. The van der Waals surface area contributed by atoms with Crippen molar-refractivity contribution in [2.45, 2.75) is 66.2 Å². The molecule has 0 saturated heterocycles. The highest BCUT2D eigenvalue weighted by Gasteiger charge is 2.35. The Balaban J connectivity index is 1.54. The third-order valence-corrected chi connectivity index (χ3v) is 9.64. The summed E-state index contributed by atoms with van der Waals surface area (Å²) in [6.07, 6.45) is 6.18. The van der Waals surface area contributed by atoms with Crippen LogP contribution in [0.5, 0.6) is 23.0 Å². The molecule has 4 heterocycles. The first kappa shape index (κ1) is 31.6. The van der Waals surface area contributed by atoms with Crippen LogP contribution in [0.4, 0.5) is 28.4 Å². The Morgan fingerprint density at radius 2 is 1.30 bits per heavy atom. The number of unbranched alkanes of at least 4 members (excludes halogenated alkanes) is 2. The summed E-state index contributed by atoms with van der Waals surface area (Å²) >= 11 is 0. The molecule has 2 aliphatic rings. The highest BCUT2D eigenvalue weighted by Crippen LogP contribution is 2.60. The van der Waals surface area contributed by atoms with Crippen molar-refractivity contribution < 1.29 is 9.47 Å². The minimum Gasteiger partial charge on any atom is -0.453 e. The summed E-state index contributed by atoms with van der Waals surface area (Å²) in [5.41, 5.74) is 12.9. The van der Waals surface area contributed by atoms with E-state index in [-0.39, 0.29) is 0 Å².